The number of rotatable bonds is 5. The molecule has 1 N–H and O–H groups in total. The Morgan fingerprint density at radius 1 is 1.16 bits per heavy atom. The minimum atomic E-state index is -0.159. The van der Waals surface area contributed by atoms with Crippen LogP contribution < -0.4 is 5.32 Å². The third kappa shape index (κ3) is 4.72. The van der Waals surface area contributed by atoms with Crippen LogP contribution in [0, 0.1) is 5.92 Å². The molecule has 160 valence electrons. The molecule has 6 heteroatoms. The van der Waals surface area contributed by atoms with Crippen LogP contribution in [0.3, 0.4) is 0 Å². The minimum absolute atomic E-state index is 0.0424. The van der Waals surface area contributed by atoms with Crippen LogP contribution in [0.1, 0.15) is 36.5 Å². The van der Waals surface area contributed by atoms with Gasteiger partial charge in [0.25, 0.3) is 5.91 Å². The summed E-state index contributed by atoms with van der Waals surface area (Å²) in [6.45, 7) is 3.80. The molecule has 1 aliphatic rings. The first-order chi connectivity index (χ1) is 15.1. The van der Waals surface area contributed by atoms with E-state index >= 15 is 0 Å². The van der Waals surface area contributed by atoms with Gasteiger partial charge in [-0.25, -0.2) is 4.98 Å². The lowest BCUT2D eigenvalue weighted by atomic mass is 9.95. The highest BCUT2D eigenvalue weighted by Crippen LogP contribution is 2.28. The number of para-hydroxylation sites is 1. The van der Waals surface area contributed by atoms with Crippen LogP contribution in [0.15, 0.2) is 54.6 Å². The molecule has 2 heterocycles. The third-order valence-electron chi connectivity index (χ3n) is 5.72. The van der Waals surface area contributed by atoms with E-state index in [0.717, 1.165) is 41.4 Å². The summed E-state index contributed by atoms with van der Waals surface area (Å²) in [6.07, 6.45) is 2.53. The van der Waals surface area contributed by atoms with Gasteiger partial charge in [-0.15, -0.1) is 0 Å². The molecule has 1 saturated heterocycles. The smallest absolute Gasteiger partial charge is 0.254 e. The number of carbonyl (C=O) groups excluding carboxylic acids is 2. The normalized spacial score (nSPS) is 16.3. The summed E-state index contributed by atoms with van der Waals surface area (Å²) < 4.78 is 0. The number of fused-ring (bicyclic) bond motifs is 1. The molecule has 5 nitrogen and oxygen atoms in total. The van der Waals surface area contributed by atoms with Crippen LogP contribution in [-0.2, 0) is 4.79 Å². The molecule has 0 radical (unpaired) electrons. The zero-order valence-corrected chi connectivity index (χ0v) is 18.4. The first kappa shape index (κ1) is 21.3. The Bertz CT molecular complexity index is 1100. The zero-order valence-electron chi connectivity index (χ0n) is 17.6. The fourth-order valence-electron chi connectivity index (χ4n) is 4.06. The predicted octanol–water partition coefficient (Wildman–Crippen LogP) is 4.93. The average Bonchev–Trinajstić information content (AvgIpc) is 2.82. The van der Waals surface area contributed by atoms with Gasteiger partial charge in [-0.1, -0.05) is 48.9 Å². The van der Waals surface area contributed by atoms with Crippen molar-refractivity contribution in [1.82, 2.24) is 15.2 Å². The SMILES string of the molecule is CCCNC(=O)C1CCCN(C(=O)c2cc(-c3ccc(Cl)cc3)nc3ccccc23)C1. The molecule has 1 atom stereocenters. The zero-order chi connectivity index (χ0) is 21.8. The summed E-state index contributed by atoms with van der Waals surface area (Å²) in [4.78, 5) is 32.6. The van der Waals surface area contributed by atoms with Gasteiger partial charge in [-0.3, -0.25) is 9.59 Å². The minimum Gasteiger partial charge on any atom is -0.356 e. The van der Waals surface area contributed by atoms with Gasteiger partial charge in [0.15, 0.2) is 0 Å². The van der Waals surface area contributed by atoms with Crippen molar-refractivity contribution in [2.45, 2.75) is 26.2 Å². The average molecular weight is 436 g/mol. The molecule has 0 saturated carbocycles. The highest BCUT2D eigenvalue weighted by atomic mass is 35.5. The molecule has 1 unspecified atom stereocenters. The number of carbonyl (C=O) groups is 2. The third-order valence-corrected chi connectivity index (χ3v) is 5.97. The maximum absolute atomic E-state index is 13.6. The van der Waals surface area contributed by atoms with Crippen molar-refractivity contribution in [3.8, 4) is 11.3 Å². The number of amides is 2. The van der Waals surface area contributed by atoms with Crippen molar-refractivity contribution >= 4 is 34.3 Å². The lowest BCUT2D eigenvalue weighted by molar-refractivity contribution is -0.126. The van der Waals surface area contributed by atoms with E-state index in [4.69, 9.17) is 16.6 Å². The van der Waals surface area contributed by atoms with Crippen molar-refractivity contribution in [3.05, 3.63) is 65.2 Å². The standard InChI is InChI=1S/C25H26ClN3O2/c1-2-13-27-24(30)18-6-5-14-29(16-18)25(31)21-15-23(17-9-11-19(26)12-10-17)28-22-8-4-3-7-20(21)22/h3-4,7-12,15,18H,2,5-6,13-14,16H2,1H3,(H,27,30). The van der Waals surface area contributed by atoms with E-state index in [0.29, 0.717) is 30.2 Å². The Kier molecular flexibility index (Phi) is 6.52. The molecule has 0 bridgehead atoms. The first-order valence-electron chi connectivity index (χ1n) is 10.8. The number of piperidine rings is 1. The van der Waals surface area contributed by atoms with Crippen LogP contribution in [0.25, 0.3) is 22.2 Å². The van der Waals surface area contributed by atoms with Crippen LogP contribution in [0.4, 0.5) is 0 Å². The lowest BCUT2D eigenvalue weighted by Crippen LogP contribution is -2.45. The van der Waals surface area contributed by atoms with Crippen LogP contribution in [-0.4, -0.2) is 41.3 Å². The molecular weight excluding hydrogens is 410 g/mol. The molecule has 31 heavy (non-hydrogen) atoms. The van der Waals surface area contributed by atoms with E-state index in [1.807, 2.05) is 66.4 Å². The number of halogens is 1. The van der Waals surface area contributed by atoms with Gasteiger partial charge in [0.05, 0.1) is 22.7 Å². The van der Waals surface area contributed by atoms with E-state index < -0.39 is 0 Å². The quantitative estimate of drug-likeness (QED) is 0.617. The van der Waals surface area contributed by atoms with Gasteiger partial charge in [0, 0.05) is 35.6 Å². The Morgan fingerprint density at radius 3 is 2.71 bits per heavy atom. The van der Waals surface area contributed by atoms with Crippen molar-refractivity contribution in [3.63, 3.8) is 0 Å². The number of aromatic nitrogens is 1. The second-order valence-corrected chi connectivity index (χ2v) is 8.40. The Labute approximate surface area is 187 Å². The Hall–Kier alpha value is -2.92. The second kappa shape index (κ2) is 9.48. The number of benzene rings is 2. The lowest BCUT2D eigenvalue weighted by Gasteiger charge is -2.32. The van der Waals surface area contributed by atoms with Crippen LogP contribution in [0.2, 0.25) is 5.02 Å². The maximum Gasteiger partial charge on any atom is 0.254 e. The molecule has 2 aromatic carbocycles. The number of nitrogens with one attached hydrogen (secondary N) is 1. The van der Waals surface area contributed by atoms with Gasteiger partial charge in [0.1, 0.15) is 0 Å². The van der Waals surface area contributed by atoms with Crippen molar-refractivity contribution < 1.29 is 9.59 Å². The molecule has 1 fully saturated rings. The Morgan fingerprint density at radius 2 is 1.94 bits per heavy atom. The topological polar surface area (TPSA) is 62.3 Å². The van der Waals surface area contributed by atoms with E-state index in [1.54, 1.807) is 0 Å². The second-order valence-electron chi connectivity index (χ2n) is 7.96. The van der Waals surface area contributed by atoms with E-state index in [2.05, 4.69) is 5.32 Å². The van der Waals surface area contributed by atoms with Gasteiger partial charge >= 0.3 is 0 Å². The van der Waals surface area contributed by atoms with Gasteiger partial charge in [-0.05, 0) is 43.5 Å². The Balaban J connectivity index is 1.67. The molecule has 1 aromatic heterocycles. The van der Waals surface area contributed by atoms with E-state index in [-0.39, 0.29) is 17.7 Å². The summed E-state index contributed by atoms with van der Waals surface area (Å²) in [7, 11) is 0. The molecular formula is C25H26ClN3O2. The number of hydrogen-bond acceptors (Lipinski definition) is 3. The van der Waals surface area contributed by atoms with Crippen molar-refractivity contribution in [2.24, 2.45) is 5.92 Å². The molecule has 4 rings (SSSR count). The molecule has 1 aliphatic heterocycles. The van der Waals surface area contributed by atoms with Gasteiger partial charge < -0.3 is 10.2 Å². The highest BCUT2D eigenvalue weighted by molar-refractivity contribution is 6.30. The first-order valence-corrected chi connectivity index (χ1v) is 11.2. The monoisotopic (exact) mass is 435 g/mol. The fraction of sp³-hybridized carbons (Fsp3) is 0.320. The van der Waals surface area contributed by atoms with Crippen molar-refractivity contribution in [1.29, 1.82) is 0 Å². The van der Waals surface area contributed by atoms with E-state index in [9.17, 15) is 9.59 Å². The van der Waals surface area contributed by atoms with Gasteiger partial charge in [-0.2, -0.15) is 0 Å². The summed E-state index contributed by atoms with van der Waals surface area (Å²) in [5.41, 5.74) is 3.02. The highest BCUT2D eigenvalue weighted by Gasteiger charge is 2.29. The summed E-state index contributed by atoms with van der Waals surface area (Å²) >= 11 is 6.03. The van der Waals surface area contributed by atoms with Crippen molar-refractivity contribution in [2.75, 3.05) is 19.6 Å². The summed E-state index contributed by atoms with van der Waals surface area (Å²) in [5, 5.41) is 4.44. The molecule has 2 amide bonds. The fourth-order valence-corrected chi connectivity index (χ4v) is 4.19. The number of nitrogens with zero attached hydrogens (tertiary/aromatic N) is 2. The largest absolute Gasteiger partial charge is 0.356 e. The molecule has 0 spiro atoms. The van der Waals surface area contributed by atoms with E-state index in [1.165, 1.54) is 0 Å². The van der Waals surface area contributed by atoms with Gasteiger partial charge in [0.2, 0.25) is 5.91 Å². The summed E-state index contributed by atoms with van der Waals surface area (Å²) in [5.74, 6) is -0.171. The molecule has 0 aliphatic carbocycles. The number of hydrogen-bond donors (Lipinski definition) is 1. The predicted molar refractivity (Wildman–Crippen MR) is 124 cm³/mol. The number of pyridine rings is 1. The maximum atomic E-state index is 13.6. The molecule has 3 aromatic rings. The van der Waals surface area contributed by atoms with Crippen LogP contribution >= 0.6 is 11.6 Å². The number of likely N-dealkylation sites (tertiary alicyclic amines) is 1. The van der Waals surface area contributed by atoms with Crippen LogP contribution in [0.5, 0.6) is 0 Å². The summed E-state index contributed by atoms with van der Waals surface area (Å²) in [6, 6.07) is 17.0.